The smallest absolute Gasteiger partial charge is 0.248 e. The molecule has 0 aliphatic rings. The summed E-state index contributed by atoms with van der Waals surface area (Å²) in [5.41, 5.74) is 7.21. The summed E-state index contributed by atoms with van der Waals surface area (Å²) in [5.74, 6) is -0.255. The number of rotatable bonds is 4. The van der Waals surface area contributed by atoms with Gasteiger partial charge in [0.25, 0.3) is 0 Å². The third kappa shape index (κ3) is 3.26. The molecule has 0 bridgehead atoms. The van der Waals surface area contributed by atoms with Crippen LogP contribution in [0.3, 0.4) is 0 Å². The number of hydrogen-bond acceptors (Lipinski definition) is 3. The zero-order valence-electron chi connectivity index (χ0n) is 10.1. The average Bonchev–Trinajstić information content (AvgIpc) is 2.41. The fourth-order valence-corrected chi connectivity index (χ4v) is 2.09. The van der Waals surface area contributed by atoms with E-state index in [9.17, 15) is 9.90 Å². The van der Waals surface area contributed by atoms with Gasteiger partial charge < -0.3 is 16.2 Å². The molecule has 98 valence electrons. The van der Waals surface area contributed by atoms with Crippen LogP contribution in [0, 0.1) is 0 Å². The lowest BCUT2D eigenvalue weighted by Crippen LogP contribution is -2.11. The van der Waals surface area contributed by atoms with E-state index < -0.39 is 5.91 Å². The Balaban J connectivity index is 2.12. The molecule has 2 aromatic rings. The summed E-state index contributed by atoms with van der Waals surface area (Å²) < 4.78 is 0.651. The molecule has 0 aromatic heterocycles. The zero-order chi connectivity index (χ0) is 13.8. The molecule has 0 radical (unpaired) electrons. The molecule has 5 heteroatoms. The number of benzene rings is 2. The number of carbonyl (C=O) groups excluding carboxylic acids is 1. The molecule has 0 heterocycles. The largest absolute Gasteiger partial charge is 0.506 e. The molecule has 0 aliphatic carbocycles. The number of nitrogens with two attached hydrogens (primary N) is 1. The minimum Gasteiger partial charge on any atom is -0.506 e. The van der Waals surface area contributed by atoms with Gasteiger partial charge in [-0.1, -0.05) is 18.2 Å². The molecule has 4 N–H and O–H groups in total. The number of anilines is 1. The highest BCUT2D eigenvalue weighted by Crippen LogP contribution is 2.27. The van der Waals surface area contributed by atoms with Crippen molar-refractivity contribution in [3.8, 4) is 5.75 Å². The second-order valence-corrected chi connectivity index (χ2v) is 4.90. The molecule has 19 heavy (non-hydrogen) atoms. The molecule has 0 unspecified atom stereocenters. The predicted molar refractivity (Wildman–Crippen MR) is 78.1 cm³/mol. The molecule has 2 aromatic carbocycles. The van der Waals surface area contributed by atoms with E-state index in [1.165, 1.54) is 0 Å². The van der Waals surface area contributed by atoms with Crippen LogP contribution in [-0.2, 0) is 6.54 Å². The van der Waals surface area contributed by atoms with Crippen molar-refractivity contribution in [1.29, 1.82) is 0 Å². The number of phenols is 1. The second kappa shape index (κ2) is 5.75. The normalized spacial score (nSPS) is 10.2. The highest BCUT2D eigenvalue weighted by atomic mass is 79.9. The quantitative estimate of drug-likeness (QED) is 0.810. The van der Waals surface area contributed by atoms with Crippen LogP contribution in [0.4, 0.5) is 5.69 Å². The Kier molecular flexibility index (Phi) is 4.06. The van der Waals surface area contributed by atoms with E-state index >= 15 is 0 Å². The Hall–Kier alpha value is -2.01. The summed E-state index contributed by atoms with van der Waals surface area (Å²) in [6.45, 7) is 0.452. The van der Waals surface area contributed by atoms with Crippen molar-refractivity contribution in [3.63, 3.8) is 0 Å². The van der Waals surface area contributed by atoms with E-state index in [0.29, 0.717) is 16.6 Å². The van der Waals surface area contributed by atoms with Gasteiger partial charge in [0.15, 0.2) is 0 Å². The first-order valence-electron chi connectivity index (χ1n) is 5.68. The van der Waals surface area contributed by atoms with Gasteiger partial charge in [-0.2, -0.15) is 0 Å². The van der Waals surface area contributed by atoms with Gasteiger partial charge in [-0.3, -0.25) is 4.79 Å². The van der Waals surface area contributed by atoms with Crippen molar-refractivity contribution in [1.82, 2.24) is 0 Å². The van der Waals surface area contributed by atoms with Crippen molar-refractivity contribution in [2.24, 2.45) is 5.73 Å². The topological polar surface area (TPSA) is 75.4 Å². The van der Waals surface area contributed by atoms with Gasteiger partial charge in [0.1, 0.15) is 5.75 Å². The zero-order valence-corrected chi connectivity index (χ0v) is 11.6. The van der Waals surface area contributed by atoms with E-state index in [0.717, 1.165) is 11.3 Å². The van der Waals surface area contributed by atoms with Crippen LogP contribution in [0.25, 0.3) is 0 Å². The van der Waals surface area contributed by atoms with Gasteiger partial charge in [0, 0.05) is 23.4 Å². The number of primary amides is 1. The molecule has 2 rings (SSSR count). The fraction of sp³-hybridized carbons (Fsp3) is 0.0714. The Labute approximate surface area is 119 Å². The number of amides is 1. The summed E-state index contributed by atoms with van der Waals surface area (Å²) in [5, 5.41) is 13.0. The molecule has 4 nitrogen and oxygen atoms in total. The molecule has 0 fully saturated rings. The lowest BCUT2D eigenvalue weighted by molar-refractivity contribution is 0.100. The van der Waals surface area contributed by atoms with Gasteiger partial charge in [0.05, 0.1) is 4.47 Å². The molecule has 0 spiro atoms. The highest BCUT2D eigenvalue weighted by molar-refractivity contribution is 9.10. The van der Waals surface area contributed by atoms with E-state index in [4.69, 9.17) is 5.73 Å². The number of hydrogen-bond donors (Lipinski definition) is 3. The molecule has 0 saturated carbocycles. The Bertz CT molecular complexity index is 614. The van der Waals surface area contributed by atoms with Gasteiger partial charge in [-0.25, -0.2) is 0 Å². The average molecular weight is 321 g/mol. The fourth-order valence-electron chi connectivity index (χ4n) is 1.68. The van der Waals surface area contributed by atoms with Crippen LogP contribution < -0.4 is 11.1 Å². The predicted octanol–water partition coefficient (Wildman–Crippen LogP) is 2.87. The maximum Gasteiger partial charge on any atom is 0.248 e. The first-order chi connectivity index (χ1) is 9.08. The van der Waals surface area contributed by atoms with Crippen LogP contribution >= 0.6 is 15.9 Å². The van der Waals surface area contributed by atoms with Gasteiger partial charge in [-0.15, -0.1) is 0 Å². The van der Waals surface area contributed by atoms with Crippen molar-refractivity contribution < 1.29 is 9.90 Å². The summed E-state index contributed by atoms with van der Waals surface area (Å²) >= 11 is 3.26. The maximum absolute atomic E-state index is 11.1. The standard InChI is InChI=1S/C14H13BrN2O2/c15-12-6-2-4-10(13(12)18)8-17-11-5-1-3-9(7-11)14(16)19/h1-7,17-18H,8H2,(H2,16,19). The summed E-state index contributed by atoms with van der Waals surface area (Å²) in [6.07, 6.45) is 0. The van der Waals surface area contributed by atoms with Crippen LogP contribution in [0.1, 0.15) is 15.9 Å². The lowest BCUT2D eigenvalue weighted by Gasteiger charge is -2.09. The van der Waals surface area contributed by atoms with E-state index in [-0.39, 0.29) is 5.75 Å². The minimum absolute atomic E-state index is 0.209. The van der Waals surface area contributed by atoms with Crippen LogP contribution in [0.5, 0.6) is 5.75 Å². The number of para-hydroxylation sites is 1. The second-order valence-electron chi connectivity index (χ2n) is 4.05. The Morgan fingerprint density at radius 1 is 1.26 bits per heavy atom. The van der Waals surface area contributed by atoms with Crippen LogP contribution in [0.2, 0.25) is 0 Å². The number of halogens is 1. The molecular formula is C14H13BrN2O2. The first-order valence-corrected chi connectivity index (χ1v) is 6.47. The monoisotopic (exact) mass is 320 g/mol. The van der Waals surface area contributed by atoms with Gasteiger partial charge in [0.2, 0.25) is 5.91 Å². The van der Waals surface area contributed by atoms with Crippen LogP contribution in [-0.4, -0.2) is 11.0 Å². The van der Waals surface area contributed by atoms with Crippen molar-refractivity contribution >= 4 is 27.5 Å². The summed E-state index contributed by atoms with van der Waals surface area (Å²) in [6, 6.07) is 12.4. The van der Waals surface area contributed by atoms with Gasteiger partial charge in [-0.05, 0) is 40.2 Å². The molecule has 1 amide bonds. The molecular weight excluding hydrogens is 308 g/mol. The number of phenolic OH excluding ortho intramolecular Hbond substituents is 1. The summed E-state index contributed by atoms with van der Waals surface area (Å²) in [7, 11) is 0. The lowest BCUT2D eigenvalue weighted by atomic mass is 10.1. The van der Waals surface area contributed by atoms with Crippen molar-refractivity contribution in [2.45, 2.75) is 6.54 Å². The number of aromatic hydroxyl groups is 1. The number of carbonyl (C=O) groups is 1. The third-order valence-corrected chi connectivity index (χ3v) is 3.34. The third-order valence-electron chi connectivity index (χ3n) is 2.70. The molecule has 0 saturated heterocycles. The summed E-state index contributed by atoms with van der Waals surface area (Å²) in [4.78, 5) is 11.1. The van der Waals surface area contributed by atoms with Crippen molar-refractivity contribution in [2.75, 3.05) is 5.32 Å². The molecule has 0 aliphatic heterocycles. The van der Waals surface area contributed by atoms with Crippen LogP contribution in [0.15, 0.2) is 46.9 Å². The highest BCUT2D eigenvalue weighted by Gasteiger charge is 2.05. The minimum atomic E-state index is -0.464. The van der Waals surface area contributed by atoms with Gasteiger partial charge >= 0.3 is 0 Å². The molecule has 0 atom stereocenters. The van der Waals surface area contributed by atoms with E-state index in [1.807, 2.05) is 18.2 Å². The maximum atomic E-state index is 11.1. The number of nitrogens with one attached hydrogen (secondary N) is 1. The first kappa shape index (κ1) is 13.4. The Morgan fingerprint density at radius 3 is 2.74 bits per heavy atom. The Morgan fingerprint density at radius 2 is 2.00 bits per heavy atom. The van der Waals surface area contributed by atoms with E-state index in [1.54, 1.807) is 24.3 Å². The van der Waals surface area contributed by atoms with E-state index in [2.05, 4.69) is 21.2 Å². The van der Waals surface area contributed by atoms with Crippen molar-refractivity contribution in [3.05, 3.63) is 58.1 Å². The SMILES string of the molecule is NC(=O)c1cccc(NCc2cccc(Br)c2O)c1.